The number of aromatic nitrogens is 2. The third-order valence-corrected chi connectivity index (χ3v) is 3.37. The molecule has 0 fully saturated rings. The third-order valence-electron chi connectivity index (χ3n) is 2.97. The van der Waals surface area contributed by atoms with E-state index in [4.69, 9.17) is 15.2 Å². The van der Waals surface area contributed by atoms with Crippen LogP contribution in [0, 0.1) is 6.92 Å². The quantitative estimate of drug-likeness (QED) is 0.906. The van der Waals surface area contributed by atoms with Crippen LogP contribution in [0.25, 0.3) is 0 Å². The number of benzene rings is 1. The number of rotatable bonds is 4. The Morgan fingerprint density at radius 3 is 2.42 bits per heavy atom. The first-order valence-corrected chi connectivity index (χ1v) is 6.54. The summed E-state index contributed by atoms with van der Waals surface area (Å²) in [5, 5.41) is 0. The summed E-state index contributed by atoms with van der Waals surface area (Å²) in [4.78, 5) is 7.31. The molecule has 2 aromatic rings. The van der Waals surface area contributed by atoms with Gasteiger partial charge in [0, 0.05) is 0 Å². The van der Waals surface area contributed by atoms with E-state index in [1.54, 1.807) is 20.4 Å². The minimum atomic E-state index is -0.342. The van der Waals surface area contributed by atoms with Gasteiger partial charge in [0.25, 0.3) is 0 Å². The number of nitrogens with two attached hydrogens (primary N) is 1. The van der Waals surface area contributed by atoms with Crippen LogP contribution < -0.4 is 15.2 Å². The Labute approximate surface area is 120 Å². The van der Waals surface area contributed by atoms with Gasteiger partial charge in [-0.2, -0.15) is 0 Å². The number of ether oxygens (including phenoxy) is 2. The average molecular weight is 326 g/mol. The van der Waals surface area contributed by atoms with Gasteiger partial charge < -0.3 is 20.2 Å². The van der Waals surface area contributed by atoms with Crippen LogP contribution in [-0.4, -0.2) is 24.2 Å². The van der Waals surface area contributed by atoms with Gasteiger partial charge in [0.05, 0.1) is 26.5 Å². The van der Waals surface area contributed by atoms with Crippen LogP contribution >= 0.6 is 15.9 Å². The minimum Gasteiger partial charge on any atom is -0.493 e. The van der Waals surface area contributed by atoms with Crippen molar-refractivity contribution in [2.75, 3.05) is 14.2 Å². The summed E-state index contributed by atoms with van der Waals surface area (Å²) in [5.41, 5.74) is 8.20. The van der Waals surface area contributed by atoms with Gasteiger partial charge >= 0.3 is 0 Å². The number of aryl methyl sites for hydroxylation is 1. The first kappa shape index (κ1) is 13.9. The number of aromatic amines is 1. The zero-order chi connectivity index (χ0) is 14.0. The maximum Gasteiger partial charge on any atom is 0.161 e. The lowest BCUT2D eigenvalue weighted by Crippen LogP contribution is -2.15. The molecule has 1 heterocycles. The maximum absolute atomic E-state index is 6.23. The molecule has 0 spiro atoms. The van der Waals surface area contributed by atoms with Crippen molar-refractivity contribution in [2.24, 2.45) is 5.73 Å². The van der Waals surface area contributed by atoms with Gasteiger partial charge in [-0.05, 0) is 46.1 Å². The average Bonchev–Trinajstić information content (AvgIpc) is 2.84. The van der Waals surface area contributed by atoms with Crippen LogP contribution in [0.3, 0.4) is 0 Å². The Kier molecular flexibility index (Phi) is 4.11. The first-order valence-electron chi connectivity index (χ1n) is 5.75. The molecule has 19 heavy (non-hydrogen) atoms. The molecule has 0 saturated heterocycles. The zero-order valence-corrected chi connectivity index (χ0v) is 12.6. The number of hydrogen-bond acceptors (Lipinski definition) is 4. The molecule has 0 aliphatic rings. The molecule has 2 rings (SSSR count). The van der Waals surface area contributed by atoms with Gasteiger partial charge in [0.2, 0.25) is 0 Å². The molecule has 0 saturated carbocycles. The lowest BCUT2D eigenvalue weighted by molar-refractivity contribution is 0.354. The van der Waals surface area contributed by atoms with Crippen LogP contribution in [0.15, 0.2) is 22.9 Å². The number of hydrogen-bond donors (Lipinski definition) is 2. The van der Waals surface area contributed by atoms with Crippen molar-refractivity contribution in [3.8, 4) is 11.5 Å². The summed E-state index contributed by atoms with van der Waals surface area (Å²) in [6.45, 7) is 1.98. The second-order valence-electron chi connectivity index (χ2n) is 4.16. The van der Waals surface area contributed by atoms with Crippen LogP contribution in [0.4, 0.5) is 0 Å². The monoisotopic (exact) mass is 325 g/mol. The Balaban J connectivity index is 2.44. The minimum absolute atomic E-state index is 0.342. The van der Waals surface area contributed by atoms with Crippen LogP contribution in [0.2, 0.25) is 0 Å². The molecule has 5 nitrogen and oxygen atoms in total. The molecule has 0 radical (unpaired) electrons. The van der Waals surface area contributed by atoms with Crippen molar-refractivity contribution in [1.29, 1.82) is 0 Å². The predicted octanol–water partition coefficient (Wildman–Crippen LogP) is 2.55. The van der Waals surface area contributed by atoms with Gasteiger partial charge in [-0.25, -0.2) is 4.98 Å². The van der Waals surface area contributed by atoms with E-state index in [9.17, 15) is 0 Å². The molecule has 0 amide bonds. The van der Waals surface area contributed by atoms with Crippen LogP contribution in [0.5, 0.6) is 11.5 Å². The highest BCUT2D eigenvalue weighted by Crippen LogP contribution is 2.33. The van der Waals surface area contributed by atoms with Crippen molar-refractivity contribution < 1.29 is 9.47 Å². The Morgan fingerprint density at radius 2 is 1.89 bits per heavy atom. The van der Waals surface area contributed by atoms with Crippen molar-refractivity contribution >= 4 is 15.9 Å². The van der Waals surface area contributed by atoms with E-state index in [1.807, 2.05) is 19.1 Å². The number of methoxy groups -OCH3 is 2. The van der Waals surface area contributed by atoms with Crippen molar-refractivity contribution in [2.45, 2.75) is 13.0 Å². The molecule has 1 unspecified atom stereocenters. The Morgan fingerprint density at radius 1 is 1.26 bits per heavy atom. The van der Waals surface area contributed by atoms with E-state index in [-0.39, 0.29) is 6.04 Å². The summed E-state index contributed by atoms with van der Waals surface area (Å²) < 4.78 is 11.4. The summed E-state index contributed by atoms with van der Waals surface area (Å²) in [7, 11) is 3.21. The van der Waals surface area contributed by atoms with Gasteiger partial charge in [-0.15, -0.1) is 0 Å². The molecule has 1 aromatic heterocycles. The zero-order valence-electron chi connectivity index (χ0n) is 11.0. The second-order valence-corrected chi connectivity index (χ2v) is 5.01. The van der Waals surface area contributed by atoms with Crippen LogP contribution in [-0.2, 0) is 0 Å². The smallest absolute Gasteiger partial charge is 0.161 e. The molecule has 0 bridgehead atoms. The fourth-order valence-corrected chi connectivity index (χ4v) is 2.26. The maximum atomic E-state index is 6.23. The van der Waals surface area contributed by atoms with E-state index in [0.717, 1.165) is 15.7 Å². The number of halogens is 1. The summed E-state index contributed by atoms with van der Waals surface area (Å²) >= 11 is 3.32. The highest BCUT2D eigenvalue weighted by molar-refractivity contribution is 9.10. The topological polar surface area (TPSA) is 73.2 Å². The molecule has 102 valence electrons. The van der Waals surface area contributed by atoms with E-state index < -0.39 is 0 Å². The Bertz CT molecular complexity index is 583. The molecule has 0 aliphatic carbocycles. The highest BCUT2D eigenvalue weighted by atomic mass is 79.9. The van der Waals surface area contributed by atoms with E-state index in [2.05, 4.69) is 25.9 Å². The van der Waals surface area contributed by atoms with E-state index in [0.29, 0.717) is 17.3 Å². The summed E-state index contributed by atoms with van der Waals surface area (Å²) in [5.74, 6) is 2.04. The van der Waals surface area contributed by atoms with E-state index in [1.165, 1.54) is 0 Å². The number of imidazole rings is 1. The fourth-order valence-electron chi connectivity index (χ4n) is 1.95. The predicted molar refractivity (Wildman–Crippen MR) is 76.6 cm³/mol. The van der Waals surface area contributed by atoms with Gasteiger partial charge in [-0.3, -0.25) is 0 Å². The van der Waals surface area contributed by atoms with E-state index >= 15 is 0 Å². The number of H-pyrrole nitrogens is 1. The first-order chi connectivity index (χ1) is 9.06. The highest BCUT2D eigenvalue weighted by Gasteiger charge is 2.17. The van der Waals surface area contributed by atoms with Crippen molar-refractivity contribution in [3.63, 3.8) is 0 Å². The SMILES string of the molecule is COc1cc(C)c(C(N)c2ncc(Br)[nH]2)cc1OC. The molecule has 1 atom stereocenters. The molecule has 1 aromatic carbocycles. The van der Waals surface area contributed by atoms with Crippen molar-refractivity contribution in [1.82, 2.24) is 9.97 Å². The van der Waals surface area contributed by atoms with Gasteiger partial charge in [0.1, 0.15) is 10.4 Å². The third kappa shape index (κ3) is 2.74. The van der Waals surface area contributed by atoms with Crippen LogP contribution in [0.1, 0.15) is 23.0 Å². The lowest BCUT2D eigenvalue weighted by atomic mass is 10.0. The molecular weight excluding hydrogens is 310 g/mol. The standard InChI is InChI=1S/C13H16BrN3O2/c1-7-4-9(18-2)10(19-3)5-8(7)12(15)13-16-6-11(14)17-13/h4-6,12H,15H2,1-3H3,(H,16,17). The normalized spacial score (nSPS) is 12.3. The lowest BCUT2D eigenvalue weighted by Gasteiger charge is -2.16. The molecule has 0 aliphatic heterocycles. The second kappa shape index (κ2) is 5.63. The summed E-state index contributed by atoms with van der Waals surface area (Å²) in [6, 6.07) is 3.45. The number of nitrogens with zero attached hydrogens (tertiary/aromatic N) is 1. The largest absolute Gasteiger partial charge is 0.493 e. The summed E-state index contributed by atoms with van der Waals surface area (Å²) in [6.07, 6.45) is 1.69. The van der Waals surface area contributed by atoms with Gasteiger partial charge in [-0.1, -0.05) is 0 Å². The fraction of sp³-hybridized carbons (Fsp3) is 0.308. The Hall–Kier alpha value is -1.53. The molecule has 6 heteroatoms. The number of nitrogens with one attached hydrogen (secondary N) is 1. The van der Waals surface area contributed by atoms with Gasteiger partial charge in [0.15, 0.2) is 11.5 Å². The molecular formula is C13H16BrN3O2. The molecule has 3 N–H and O–H groups in total. The van der Waals surface area contributed by atoms with Crippen molar-refractivity contribution in [3.05, 3.63) is 39.9 Å².